The number of rotatable bonds is 9. The summed E-state index contributed by atoms with van der Waals surface area (Å²) in [4.78, 5) is 36.1. The van der Waals surface area contributed by atoms with Crippen molar-refractivity contribution < 1.29 is 24.2 Å². The molecule has 0 heterocycles. The molecule has 1 atom stereocenters. The molecule has 2 aromatic rings. The van der Waals surface area contributed by atoms with Crippen LogP contribution in [0.5, 0.6) is 0 Å². The number of aliphatic carboxylic acids is 1. The number of amides is 2. The zero-order valence-corrected chi connectivity index (χ0v) is 18.5. The van der Waals surface area contributed by atoms with E-state index in [1.54, 1.807) is 0 Å². The lowest BCUT2D eigenvalue weighted by Crippen LogP contribution is -2.47. The normalized spacial score (nSPS) is 15.8. The largest absolute Gasteiger partial charge is 0.478 e. The lowest BCUT2D eigenvalue weighted by atomic mass is 9.98. The Morgan fingerprint density at radius 2 is 1.67 bits per heavy atom. The van der Waals surface area contributed by atoms with E-state index in [2.05, 4.69) is 34.9 Å². The van der Waals surface area contributed by atoms with E-state index in [1.807, 2.05) is 24.3 Å². The van der Waals surface area contributed by atoms with Gasteiger partial charge in [-0.15, -0.1) is 0 Å². The van der Waals surface area contributed by atoms with Gasteiger partial charge in [0.1, 0.15) is 12.6 Å². The minimum Gasteiger partial charge on any atom is -0.478 e. The van der Waals surface area contributed by atoms with Crippen molar-refractivity contribution in [1.29, 1.82) is 0 Å². The minimum absolute atomic E-state index is 0.0528. The van der Waals surface area contributed by atoms with Crippen LogP contribution in [0.3, 0.4) is 0 Å². The first-order valence-electron chi connectivity index (χ1n) is 11.2. The fraction of sp³-hybridized carbons (Fsp3) is 0.346. The molecule has 3 N–H and O–H groups in total. The molecule has 4 rings (SSSR count). The predicted molar refractivity (Wildman–Crippen MR) is 124 cm³/mol. The zero-order valence-electron chi connectivity index (χ0n) is 18.5. The van der Waals surface area contributed by atoms with Crippen LogP contribution < -0.4 is 10.6 Å². The molecule has 33 heavy (non-hydrogen) atoms. The van der Waals surface area contributed by atoms with Gasteiger partial charge in [-0.05, 0) is 41.5 Å². The fourth-order valence-electron chi connectivity index (χ4n) is 4.22. The van der Waals surface area contributed by atoms with Crippen LogP contribution in [0.1, 0.15) is 43.2 Å². The van der Waals surface area contributed by atoms with E-state index in [0.717, 1.165) is 35.1 Å². The molecule has 0 aromatic heterocycles. The van der Waals surface area contributed by atoms with Crippen molar-refractivity contribution >= 4 is 18.0 Å². The lowest BCUT2D eigenvalue weighted by Gasteiger charge is -2.19. The molecule has 0 spiro atoms. The summed E-state index contributed by atoms with van der Waals surface area (Å²) in [5, 5.41) is 14.3. The summed E-state index contributed by atoms with van der Waals surface area (Å²) in [5.74, 6) is -1.02. The maximum atomic E-state index is 12.6. The Morgan fingerprint density at radius 3 is 2.24 bits per heavy atom. The lowest BCUT2D eigenvalue weighted by molar-refractivity contribution is -0.132. The Bertz CT molecular complexity index is 1040. The van der Waals surface area contributed by atoms with Gasteiger partial charge in [-0.2, -0.15) is 0 Å². The summed E-state index contributed by atoms with van der Waals surface area (Å²) < 4.78 is 5.58. The van der Waals surface area contributed by atoms with Gasteiger partial charge >= 0.3 is 12.1 Å². The molecule has 7 nitrogen and oxygen atoms in total. The van der Waals surface area contributed by atoms with Crippen molar-refractivity contribution in [3.05, 3.63) is 71.3 Å². The van der Waals surface area contributed by atoms with Crippen LogP contribution in [0.25, 0.3) is 11.1 Å². The standard InChI is InChI=1S/C26H28N2O5/c1-16(25(30)31)12-13-27-24(29)23(14-17-10-11-17)28-26(32)33-15-22-20-8-4-2-6-18(20)19-7-3-5-9-21(19)22/h2-9,12,17,22-23H,10-11,13-15H2,1H3,(H,27,29)(H,28,32)(H,30,31)/b16-12+. The van der Waals surface area contributed by atoms with Crippen molar-refractivity contribution in [3.63, 3.8) is 0 Å². The smallest absolute Gasteiger partial charge is 0.407 e. The number of benzene rings is 2. The van der Waals surface area contributed by atoms with Gasteiger partial charge in [-0.3, -0.25) is 4.79 Å². The summed E-state index contributed by atoms with van der Waals surface area (Å²) in [7, 11) is 0. The Labute approximate surface area is 192 Å². The molecule has 0 bridgehead atoms. The van der Waals surface area contributed by atoms with Crippen molar-refractivity contribution in [2.75, 3.05) is 13.2 Å². The third kappa shape index (κ3) is 5.42. The topological polar surface area (TPSA) is 105 Å². The van der Waals surface area contributed by atoms with E-state index in [4.69, 9.17) is 9.84 Å². The van der Waals surface area contributed by atoms with Crippen molar-refractivity contribution in [1.82, 2.24) is 10.6 Å². The van der Waals surface area contributed by atoms with Crippen LogP contribution >= 0.6 is 0 Å². The molecule has 1 unspecified atom stereocenters. The fourth-order valence-corrected chi connectivity index (χ4v) is 4.22. The molecule has 2 aliphatic carbocycles. The molecule has 1 saturated carbocycles. The molecule has 0 aliphatic heterocycles. The number of fused-ring (bicyclic) bond motifs is 3. The van der Waals surface area contributed by atoms with E-state index in [9.17, 15) is 14.4 Å². The summed E-state index contributed by atoms with van der Waals surface area (Å²) >= 11 is 0. The number of hydrogen-bond donors (Lipinski definition) is 3. The van der Waals surface area contributed by atoms with Gasteiger partial charge in [-0.1, -0.05) is 67.4 Å². The molecule has 2 amide bonds. The van der Waals surface area contributed by atoms with Crippen LogP contribution in [0.2, 0.25) is 0 Å². The van der Waals surface area contributed by atoms with E-state index in [0.29, 0.717) is 12.3 Å². The first-order valence-corrected chi connectivity index (χ1v) is 11.2. The van der Waals surface area contributed by atoms with E-state index in [1.165, 1.54) is 13.0 Å². The summed E-state index contributed by atoms with van der Waals surface area (Å²) in [6.07, 6.45) is 3.41. The SMILES string of the molecule is C/C(=C\CNC(=O)C(CC1CC1)NC(=O)OCC1c2ccccc2-c2ccccc21)C(=O)O. The van der Waals surface area contributed by atoms with Crippen LogP contribution in [0.15, 0.2) is 60.2 Å². The van der Waals surface area contributed by atoms with Gasteiger partial charge in [-0.25, -0.2) is 9.59 Å². The second-order valence-electron chi connectivity index (χ2n) is 8.64. The third-order valence-corrected chi connectivity index (χ3v) is 6.24. The Balaban J connectivity index is 1.37. The van der Waals surface area contributed by atoms with Crippen molar-refractivity contribution in [2.45, 2.75) is 38.1 Å². The van der Waals surface area contributed by atoms with Crippen molar-refractivity contribution in [3.8, 4) is 11.1 Å². The number of nitrogens with one attached hydrogen (secondary N) is 2. The number of ether oxygens (including phenoxy) is 1. The Morgan fingerprint density at radius 1 is 1.06 bits per heavy atom. The third-order valence-electron chi connectivity index (χ3n) is 6.24. The highest BCUT2D eigenvalue weighted by molar-refractivity contribution is 5.87. The highest BCUT2D eigenvalue weighted by Crippen LogP contribution is 2.44. The Hall–Kier alpha value is -3.61. The molecular formula is C26H28N2O5. The second-order valence-corrected chi connectivity index (χ2v) is 8.64. The molecule has 1 fully saturated rings. The highest BCUT2D eigenvalue weighted by Gasteiger charge is 2.32. The summed E-state index contributed by atoms with van der Waals surface area (Å²) in [5.41, 5.74) is 4.70. The second kappa shape index (κ2) is 9.90. The highest BCUT2D eigenvalue weighted by atomic mass is 16.5. The average Bonchev–Trinajstić information content (AvgIpc) is 3.57. The number of carboxylic acids is 1. The van der Waals surface area contributed by atoms with Crippen LogP contribution in [0.4, 0.5) is 4.79 Å². The van der Waals surface area contributed by atoms with Gasteiger partial charge in [0, 0.05) is 18.0 Å². The molecule has 2 aliphatic rings. The molecule has 0 saturated heterocycles. The first kappa shape index (κ1) is 22.6. The number of carbonyl (C=O) groups excluding carboxylic acids is 2. The van der Waals surface area contributed by atoms with E-state index >= 15 is 0 Å². The Kier molecular flexibility index (Phi) is 6.77. The number of carboxylic acid groups (broad SMARTS) is 1. The minimum atomic E-state index is -1.03. The molecule has 172 valence electrons. The zero-order chi connectivity index (χ0) is 23.4. The van der Waals surface area contributed by atoms with Crippen LogP contribution in [0, 0.1) is 5.92 Å². The van der Waals surface area contributed by atoms with Gasteiger partial charge in [0.15, 0.2) is 0 Å². The number of alkyl carbamates (subject to hydrolysis) is 1. The van der Waals surface area contributed by atoms with Gasteiger partial charge < -0.3 is 20.5 Å². The number of hydrogen-bond acceptors (Lipinski definition) is 4. The van der Waals surface area contributed by atoms with Gasteiger partial charge in [0.2, 0.25) is 5.91 Å². The van der Waals surface area contributed by atoms with Crippen LogP contribution in [-0.4, -0.2) is 42.3 Å². The summed E-state index contributed by atoms with van der Waals surface area (Å²) in [6, 6.07) is 15.5. The first-order chi connectivity index (χ1) is 15.9. The van der Waals surface area contributed by atoms with Crippen LogP contribution in [-0.2, 0) is 14.3 Å². The maximum absolute atomic E-state index is 12.6. The quantitative estimate of drug-likeness (QED) is 0.506. The predicted octanol–water partition coefficient (Wildman–Crippen LogP) is 3.84. The summed E-state index contributed by atoms with van der Waals surface area (Å²) in [6.45, 7) is 1.73. The van der Waals surface area contributed by atoms with Gasteiger partial charge in [0.05, 0.1) is 0 Å². The average molecular weight is 449 g/mol. The van der Waals surface area contributed by atoms with E-state index in [-0.39, 0.29) is 30.5 Å². The molecule has 0 radical (unpaired) electrons. The maximum Gasteiger partial charge on any atom is 0.407 e. The van der Waals surface area contributed by atoms with Crippen molar-refractivity contribution in [2.24, 2.45) is 5.92 Å². The molecule has 7 heteroatoms. The van der Waals surface area contributed by atoms with Gasteiger partial charge in [0.25, 0.3) is 0 Å². The molecule has 2 aromatic carbocycles. The monoisotopic (exact) mass is 448 g/mol. The van der Waals surface area contributed by atoms with E-state index < -0.39 is 18.1 Å². The number of carbonyl (C=O) groups is 3. The molecular weight excluding hydrogens is 420 g/mol.